The molecule has 0 saturated carbocycles. The molecule has 0 N–H and O–H groups in total. The van der Waals surface area contributed by atoms with Crippen molar-refractivity contribution < 1.29 is 26.3 Å². The van der Waals surface area contributed by atoms with E-state index in [0.29, 0.717) is 0 Å². The quantitative estimate of drug-likeness (QED) is 0.530. The first-order valence-electron chi connectivity index (χ1n) is 4.96. The first kappa shape index (κ1) is 15.2. The van der Waals surface area contributed by atoms with Crippen LogP contribution >= 0.6 is 0 Å². The second-order valence-corrected chi connectivity index (χ2v) is 3.61. The van der Waals surface area contributed by atoms with E-state index in [2.05, 4.69) is 0 Å². The minimum absolute atomic E-state index is 0.0697. The number of benzene rings is 1. The molecule has 0 unspecified atom stereocenters. The van der Waals surface area contributed by atoms with Gasteiger partial charge in [-0.2, -0.15) is 26.3 Å². The Kier molecular flexibility index (Phi) is 4.30. The SMILES string of the molecule is Cc1ccc(C(=[C]C(F)(F)F)C#CC(F)(F)F)cc1. The fraction of sp³-hybridized carbons (Fsp3) is 0.231. The van der Waals surface area contributed by atoms with Crippen molar-refractivity contribution in [2.75, 3.05) is 0 Å². The van der Waals surface area contributed by atoms with Crippen LogP contribution in [0.5, 0.6) is 0 Å². The maximum Gasteiger partial charge on any atom is 0.458 e. The molecule has 19 heavy (non-hydrogen) atoms. The van der Waals surface area contributed by atoms with E-state index >= 15 is 0 Å². The van der Waals surface area contributed by atoms with Crippen LogP contribution in [0.15, 0.2) is 24.3 Å². The van der Waals surface area contributed by atoms with Crippen LogP contribution < -0.4 is 0 Å². The highest BCUT2D eigenvalue weighted by molar-refractivity contribution is 5.77. The number of allylic oxidation sites excluding steroid dienone is 2. The number of alkyl halides is 6. The third-order valence-corrected chi connectivity index (χ3v) is 1.94. The fourth-order valence-electron chi connectivity index (χ4n) is 1.17. The Hall–Kier alpha value is -1.90. The Morgan fingerprint density at radius 2 is 1.42 bits per heavy atom. The van der Waals surface area contributed by atoms with Gasteiger partial charge in [0.25, 0.3) is 0 Å². The van der Waals surface area contributed by atoms with Crippen LogP contribution in [-0.2, 0) is 0 Å². The second-order valence-electron chi connectivity index (χ2n) is 3.61. The van der Waals surface area contributed by atoms with E-state index in [-0.39, 0.29) is 5.56 Å². The Bertz CT molecular complexity index is 519. The van der Waals surface area contributed by atoms with Gasteiger partial charge in [-0.1, -0.05) is 35.7 Å². The molecule has 0 amide bonds. The van der Waals surface area contributed by atoms with Gasteiger partial charge in [0.1, 0.15) is 0 Å². The van der Waals surface area contributed by atoms with Crippen molar-refractivity contribution in [3.05, 3.63) is 41.5 Å². The molecule has 0 bridgehead atoms. The summed E-state index contributed by atoms with van der Waals surface area (Å²) in [6, 6.07) is 5.47. The molecule has 0 aliphatic rings. The van der Waals surface area contributed by atoms with E-state index in [9.17, 15) is 26.3 Å². The zero-order valence-corrected chi connectivity index (χ0v) is 9.58. The summed E-state index contributed by atoms with van der Waals surface area (Å²) in [5.41, 5.74) is -0.150. The van der Waals surface area contributed by atoms with Gasteiger partial charge in [-0.25, -0.2) is 0 Å². The number of halogens is 6. The van der Waals surface area contributed by atoms with E-state index in [0.717, 1.165) is 17.6 Å². The van der Waals surface area contributed by atoms with Crippen LogP contribution in [0.4, 0.5) is 26.3 Å². The molecule has 0 spiro atoms. The van der Waals surface area contributed by atoms with E-state index in [1.54, 1.807) is 6.92 Å². The molecule has 0 aromatic heterocycles. The summed E-state index contributed by atoms with van der Waals surface area (Å²) >= 11 is 0. The van der Waals surface area contributed by atoms with Crippen LogP contribution in [0.1, 0.15) is 11.1 Å². The molecule has 6 heteroatoms. The third kappa shape index (κ3) is 6.00. The predicted octanol–water partition coefficient (Wildman–Crippen LogP) is 4.31. The van der Waals surface area contributed by atoms with Crippen molar-refractivity contribution in [2.45, 2.75) is 19.3 Å². The average Bonchev–Trinajstić information content (AvgIpc) is 2.23. The van der Waals surface area contributed by atoms with Crippen LogP contribution in [0.3, 0.4) is 0 Å². The van der Waals surface area contributed by atoms with Gasteiger partial charge in [-0.15, -0.1) is 0 Å². The minimum Gasteiger partial charge on any atom is -0.166 e. The van der Waals surface area contributed by atoms with Gasteiger partial charge in [-0.05, 0) is 12.5 Å². The Morgan fingerprint density at radius 3 is 1.84 bits per heavy atom. The van der Waals surface area contributed by atoms with E-state index in [1.165, 1.54) is 30.2 Å². The number of rotatable bonds is 1. The maximum atomic E-state index is 12.2. The summed E-state index contributed by atoms with van der Waals surface area (Å²) in [6.45, 7) is 1.70. The molecule has 0 heterocycles. The molecular weight excluding hydrogens is 270 g/mol. The lowest BCUT2D eigenvalue weighted by molar-refractivity contribution is -0.0870. The van der Waals surface area contributed by atoms with Gasteiger partial charge in [-0.3, -0.25) is 0 Å². The first-order chi connectivity index (χ1) is 8.57. The van der Waals surface area contributed by atoms with Crippen molar-refractivity contribution in [3.8, 4) is 11.8 Å². The van der Waals surface area contributed by atoms with E-state index in [1.807, 2.05) is 0 Å². The van der Waals surface area contributed by atoms with E-state index < -0.39 is 17.9 Å². The van der Waals surface area contributed by atoms with Crippen molar-refractivity contribution in [2.24, 2.45) is 0 Å². The van der Waals surface area contributed by atoms with Crippen molar-refractivity contribution >= 4 is 5.57 Å². The van der Waals surface area contributed by atoms with Crippen molar-refractivity contribution in [1.29, 1.82) is 0 Å². The molecule has 1 aromatic carbocycles. The average molecular weight is 277 g/mol. The molecule has 101 valence electrons. The van der Waals surface area contributed by atoms with Crippen LogP contribution in [0.2, 0.25) is 0 Å². The van der Waals surface area contributed by atoms with Gasteiger partial charge in [0.2, 0.25) is 0 Å². The number of hydrogen-bond acceptors (Lipinski definition) is 0. The number of hydrogen-bond donors (Lipinski definition) is 0. The normalized spacial score (nSPS) is 12.9. The van der Waals surface area contributed by atoms with Crippen molar-refractivity contribution in [3.63, 3.8) is 0 Å². The zero-order valence-electron chi connectivity index (χ0n) is 9.58. The molecular formula is C13H7F6. The van der Waals surface area contributed by atoms with Gasteiger partial charge in [0, 0.05) is 11.5 Å². The van der Waals surface area contributed by atoms with Crippen LogP contribution in [0.25, 0.3) is 5.57 Å². The highest BCUT2D eigenvalue weighted by atomic mass is 19.4. The lowest BCUT2D eigenvalue weighted by Crippen LogP contribution is -2.05. The molecule has 1 radical (unpaired) electrons. The molecule has 0 atom stereocenters. The summed E-state index contributed by atoms with van der Waals surface area (Å²) in [6.07, 6.45) is -8.71. The monoisotopic (exact) mass is 277 g/mol. The highest BCUT2D eigenvalue weighted by Gasteiger charge is 2.27. The van der Waals surface area contributed by atoms with Gasteiger partial charge in [0.05, 0.1) is 6.08 Å². The van der Waals surface area contributed by atoms with Gasteiger partial charge >= 0.3 is 12.4 Å². The predicted molar refractivity (Wildman–Crippen MR) is 57.7 cm³/mol. The Labute approximate surface area is 105 Å². The standard InChI is InChI=1S/C13H7F6/c1-9-2-4-10(5-3-9)11(8-13(17,18)19)6-7-12(14,15)16/h2-5H,1H3. The smallest absolute Gasteiger partial charge is 0.166 e. The number of aryl methyl sites for hydroxylation is 1. The summed E-state index contributed by atoms with van der Waals surface area (Å²) in [5, 5.41) is 0. The molecule has 0 aliphatic carbocycles. The summed E-state index contributed by atoms with van der Waals surface area (Å²) in [4.78, 5) is 0. The third-order valence-electron chi connectivity index (χ3n) is 1.94. The van der Waals surface area contributed by atoms with Gasteiger partial charge < -0.3 is 0 Å². The lowest BCUT2D eigenvalue weighted by Gasteiger charge is -2.04. The summed E-state index contributed by atoms with van der Waals surface area (Å²) in [5.74, 6) is 2.27. The summed E-state index contributed by atoms with van der Waals surface area (Å²) < 4.78 is 72.4. The minimum atomic E-state index is -4.86. The fourth-order valence-corrected chi connectivity index (χ4v) is 1.17. The topological polar surface area (TPSA) is 0 Å². The molecule has 0 nitrogen and oxygen atoms in total. The second kappa shape index (κ2) is 5.39. The largest absolute Gasteiger partial charge is 0.458 e. The molecule has 1 aromatic rings. The molecule has 0 fully saturated rings. The Balaban J connectivity index is 3.24. The van der Waals surface area contributed by atoms with Gasteiger partial charge in [0.15, 0.2) is 0 Å². The Morgan fingerprint density at radius 1 is 0.895 bits per heavy atom. The van der Waals surface area contributed by atoms with Crippen molar-refractivity contribution in [1.82, 2.24) is 0 Å². The van der Waals surface area contributed by atoms with Crippen LogP contribution in [0, 0.1) is 24.8 Å². The highest BCUT2D eigenvalue weighted by Crippen LogP contribution is 2.24. The molecule has 0 aliphatic heterocycles. The molecule has 1 rings (SSSR count). The molecule has 0 saturated heterocycles. The zero-order chi connectivity index (χ0) is 14.7. The lowest BCUT2D eigenvalue weighted by atomic mass is 10.0. The van der Waals surface area contributed by atoms with E-state index in [4.69, 9.17) is 0 Å². The summed E-state index contributed by atoms with van der Waals surface area (Å²) in [7, 11) is 0. The first-order valence-corrected chi connectivity index (χ1v) is 4.96. The maximum absolute atomic E-state index is 12.2. The van der Waals surface area contributed by atoms with Crippen LogP contribution in [-0.4, -0.2) is 12.4 Å².